The van der Waals surface area contributed by atoms with Gasteiger partial charge in [-0.25, -0.2) is 0 Å². The number of hydrogen-bond acceptors (Lipinski definition) is 4. The molecule has 1 rings (SSSR count). The van der Waals surface area contributed by atoms with Gasteiger partial charge >= 0.3 is 5.97 Å². The van der Waals surface area contributed by atoms with E-state index in [9.17, 15) is 14.7 Å². The van der Waals surface area contributed by atoms with Crippen LogP contribution < -0.4 is 0 Å². The maximum atomic E-state index is 11.9. The van der Waals surface area contributed by atoms with Gasteiger partial charge in [0.25, 0.3) is 0 Å². The first-order valence-electron chi connectivity index (χ1n) is 6.58. The van der Waals surface area contributed by atoms with Gasteiger partial charge in [-0.2, -0.15) is 0 Å². The zero-order valence-electron chi connectivity index (χ0n) is 11.6. The fraction of sp³-hybridized carbons (Fsp3) is 0.846. The summed E-state index contributed by atoms with van der Waals surface area (Å²) >= 11 is 0. The summed E-state index contributed by atoms with van der Waals surface area (Å²) in [4.78, 5) is 24.0. The van der Waals surface area contributed by atoms with Gasteiger partial charge in [0, 0.05) is 52.5 Å². The zero-order valence-corrected chi connectivity index (χ0v) is 11.6. The summed E-state index contributed by atoms with van der Waals surface area (Å²) in [5.41, 5.74) is -0.876. The van der Waals surface area contributed by atoms with E-state index in [4.69, 9.17) is 9.84 Å². The van der Waals surface area contributed by atoms with Gasteiger partial charge in [0.2, 0.25) is 5.91 Å². The highest BCUT2D eigenvalue weighted by Crippen LogP contribution is 2.22. The van der Waals surface area contributed by atoms with Crippen LogP contribution in [-0.2, 0) is 14.3 Å². The fourth-order valence-electron chi connectivity index (χ4n) is 2.26. The van der Waals surface area contributed by atoms with Crippen molar-refractivity contribution in [2.24, 2.45) is 5.92 Å². The zero-order chi connectivity index (χ0) is 14.5. The van der Waals surface area contributed by atoms with Gasteiger partial charge < -0.3 is 19.8 Å². The van der Waals surface area contributed by atoms with E-state index in [0.717, 1.165) is 0 Å². The highest BCUT2D eigenvalue weighted by Gasteiger charge is 2.32. The molecule has 0 radical (unpaired) electrons. The van der Waals surface area contributed by atoms with Crippen molar-refractivity contribution in [1.29, 1.82) is 0 Å². The molecule has 0 bridgehead atoms. The lowest BCUT2D eigenvalue weighted by Gasteiger charge is -2.35. The average molecular weight is 273 g/mol. The Morgan fingerprint density at radius 1 is 1.32 bits per heavy atom. The molecule has 1 atom stereocenters. The Morgan fingerprint density at radius 3 is 2.42 bits per heavy atom. The van der Waals surface area contributed by atoms with Crippen LogP contribution in [0.1, 0.15) is 32.6 Å². The van der Waals surface area contributed by atoms with Gasteiger partial charge in [-0.3, -0.25) is 9.59 Å². The van der Waals surface area contributed by atoms with Gasteiger partial charge in [0.15, 0.2) is 0 Å². The topological polar surface area (TPSA) is 87.1 Å². The van der Waals surface area contributed by atoms with E-state index >= 15 is 0 Å². The van der Waals surface area contributed by atoms with Crippen molar-refractivity contribution in [2.75, 3.05) is 26.8 Å². The summed E-state index contributed by atoms with van der Waals surface area (Å²) in [5.74, 6) is -1.23. The number of carbonyl (C=O) groups excluding carboxylic acids is 1. The van der Waals surface area contributed by atoms with Crippen LogP contribution in [0.5, 0.6) is 0 Å². The Balaban J connectivity index is 2.41. The quantitative estimate of drug-likeness (QED) is 0.735. The summed E-state index contributed by atoms with van der Waals surface area (Å²) in [6.45, 7) is 3.03. The van der Waals surface area contributed by atoms with Crippen LogP contribution in [-0.4, -0.2) is 59.4 Å². The number of amides is 1. The molecule has 1 amide bonds. The second-order valence-corrected chi connectivity index (χ2v) is 5.49. The van der Waals surface area contributed by atoms with Crippen LogP contribution in [0.3, 0.4) is 0 Å². The van der Waals surface area contributed by atoms with Gasteiger partial charge in [0.1, 0.15) is 0 Å². The molecule has 19 heavy (non-hydrogen) atoms. The molecule has 0 spiro atoms. The maximum absolute atomic E-state index is 11.9. The van der Waals surface area contributed by atoms with E-state index in [1.165, 1.54) is 4.90 Å². The molecular formula is C13H23NO5. The summed E-state index contributed by atoms with van der Waals surface area (Å²) in [6, 6.07) is 0. The molecule has 0 aromatic heterocycles. The molecule has 1 saturated heterocycles. The number of carboxylic acid groups (broad SMARTS) is 1. The molecule has 1 heterocycles. The van der Waals surface area contributed by atoms with E-state index < -0.39 is 11.6 Å². The molecule has 1 fully saturated rings. The van der Waals surface area contributed by atoms with E-state index in [1.54, 1.807) is 14.0 Å². The third-order valence-corrected chi connectivity index (χ3v) is 3.43. The monoisotopic (exact) mass is 273 g/mol. The molecule has 6 heteroatoms. The summed E-state index contributed by atoms with van der Waals surface area (Å²) < 4.78 is 5.19. The van der Waals surface area contributed by atoms with Crippen molar-refractivity contribution in [3.05, 3.63) is 0 Å². The van der Waals surface area contributed by atoms with Crippen LogP contribution in [0.25, 0.3) is 0 Å². The number of likely N-dealkylation sites (N-methyl/N-ethyl adjacent to an activating group) is 1. The average Bonchev–Trinajstić information content (AvgIpc) is 2.27. The minimum atomic E-state index is -0.897. The first-order valence-corrected chi connectivity index (χ1v) is 6.58. The van der Waals surface area contributed by atoms with Gasteiger partial charge in [0.05, 0.1) is 5.60 Å². The van der Waals surface area contributed by atoms with Crippen molar-refractivity contribution in [2.45, 2.75) is 38.2 Å². The number of rotatable bonds is 6. The van der Waals surface area contributed by atoms with Crippen LogP contribution in [0.15, 0.2) is 0 Å². The lowest BCUT2D eigenvalue weighted by atomic mass is 9.93. The third-order valence-electron chi connectivity index (χ3n) is 3.43. The minimum absolute atomic E-state index is 0.0162. The highest BCUT2D eigenvalue weighted by molar-refractivity contribution is 5.77. The molecule has 110 valence electrons. The van der Waals surface area contributed by atoms with Gasteiger partial charge in [-0.1, -0.05) is 6.92 Å². The van der Waals surface area contributed by atoms with Crippen LogP contribution in [0.4, 0.5) is 0 Å². The second kappa shape index (κ2) is 6.86. The summed E-state index contributed by atoms with van der Waals surface area (Å²) in [5, 5.41) is 19.0. The molecule has 1 aliphatic rings. The Kier molecular flexibility index (Phi) is 5.75. The van der Waals surface area contributed by atoms with Crippen LogP contribution >= 0.6 is 0 Å². The van der Waals surface area contributed by atoms with E-state index in [2.05, 4.69) is 0 Å². The smallest absolute Gasteiger partial charge is 0.303 e. The Morgan fingerprint density at radius 2 is 1.89 bits per heavy atom. The van der Waals surface area contributed by atoms with Gasteiger partial charge in [-0.15, -0.1) is 0 Å². The summed E-state index contributed by atoms with van der Waals surface area (Å²) in [6.07, 6.45) is 1.22. The number of carbonyl (C=O) groups is 2. The van der Waals surface area contributed by atoms with Crippen molar-refractivity contribution >= 4 is 11.9 Å². The van der Waals surface area contributed by atoms with Gasteiger partial charge in [-0.05, 0) is 5.92 Å². The largest absolute Gasteiger partial charge is 0.481 e. The van der Waals surface area contributed by atoms with Crippen molar-refractivity contribution in [3.8, 4) is 0 Å². The van der Waals surface area contributed by atoms with Crippen molar-refractivity contribution < 1.29 is 24.5 Å². The lowest BCUT2D eigenvalue weighted by Crippen LogP contribution is -2.47. The number of aliphatic hydroxyl groups is 1. The number of hydrogen-bond donors (Lipinski definition) is 2. The first-order chi connectivity index (χ1) is 8.82. The molecule has 0 aromatic rings. The number of carboxylic acids is 1. The molecule has 0 saturated carbocycles. The predicted octanol–water partition coefficient (Wildman–Crippen LogP) is 0.487. The lowest BCUT2D eigenvalue weighted by molar-refractivity contribution is -0.140. The molecule has 1 unspecified atom stereocenters. The Hall–Kier alpha value is -1.14. The predicted molar refractivity (Wildman–Crippen MR) is 68.7 cm³/mol. The molecule has 2 N–H and O–H groups in total. The van der Waals surface area contributed by atoms with Crippen LogP contribution in [0, 0.1) is 5.92 Å². The standard InChI is InChI=1S/C13H23NO5/c1-10(8-12(16)17)7-11(15)14(2)9-13(18)3-5-19-6-4-13/h10,18H,3-9H2,1-2H3,(H,16,17). The molecule has 1 aliphatic heterocycles. The molecule has 0 aliphatic carbocycles. The van der Waals surface area contributed by atoms with Crippen molar-refractivity contribution in [3.63, 3.8) is 0 Å². The normalized spacial score (nSPS) is 19.7. The minimum Gasteiger partial charge on any atom is -0.481 e. The number of nitrogens with zero attached hydrogens (tertiary/aromatic N) is 1. The van der Waals surface area contributed by atoms with E-state index in [-0.39, 0.29) is 31.2 Å². The molecule has 6 nitrogen and oxygen atoms in total. The van der Waals surface area contributed by atoms with Crippen molar-refractivity contribution in [1.82, 2.24) is 4.90 Å². The fourth-order valence-corrected chi connectivity index (χ4v) is 2.26. The van der Waals surface area contributed by atoms with Crippen LogP contribution in [0.2, 0.25) is 0 Å². The maximum Gasteiger partial charge on any atom is 0.303 e. The van der Waals surface area contributed by atoms with E-state index in [0.29, 0.717) is 26.1 Å². The number of ether oxygens (including phenoxy) is 1. The molecular weight excluding hydrogens is 250 g/mol. The number of aliphatic carboxylic acids is 1. The summed E-state index contributed by atoms with van der Waals surface area (Å²) in [7, 11) is 1.64. The Labute approximate surface area is 113 Å². The first kappa shape index (κ1) is 15.9. The molecule has 0 aromatic carbocycles. The highest BCUT2D eigenvalue weighted by atomic mass is 16.5. The third kappa shape index (κ3) is 5.57. The SMILES string of the molecule is CC(CC(=O)O)CC(=O)N(C)CC1(O)CCOCC1. The second-order valence-electron chi connectivity index (χ2n) is 5.49. The van der Waals surface area contributed by atoms with E-state index in [1.807, 2.05) is 0 Å². The Bertz CT molecular complexity index is 325.